The van der Waals surface area contributed by atoms with Crippen molar-refractivity contribution in [2.75, 3.05) is 0 Å². The molecule has 0 saturated heterocycles. The molecule has 2 heterocycles. The summed E-state index contributed by atoms with van der Waals surface area (Å²) in [7, 11) is 0. The molecule has 4 aromatic rings. The van der Waals surface area contributed by atoms with Crippen molar-refractivity contribution in [2.24, 2.45) is 5.92 Å². The summed E-state index contributed by atoms with van der Waals surface area (Å²) in [5, 5.41) is 23.5. The Labute approximate surface area is 180 Å². The maximum absolute atomic E-state index is 14.2. The third kappa shape index (κ3) is 3.02. The lowest BCUT2D eigenvalue weighted by atomic mass is 9.77. The molecule has 0 saturated carbocycles. The van der Waals surface area contributed by atoms with E-state index in [1.807, 2.05) is 24.3 Å². The van der Waals surface area contributed by atoms with Gasteiger partial charge in [0.05, 0.1) is 17.3 Å². The highest BCUT2D eigenvalue weighted by molar-refractivity contribution is 5.90. The average molecular weight is 432 g/mol. The van der Waals surface area contributed by atoms with E-state index in [4.69, 9.17) is 10.1 Å². The number of ether oxygens (including phenoxy) is 1. The largest absolute Gasteiger partial charge is 0.435 e. The first-order valence-corrected chi connectivity index (χ1v) is 9.79. The molecule has 5 rings (SSSR count). The molecular formula is C24H15F3N4O. The molecular weight excluding hydrogens is 417 g/mol. The molecule has 2 unspecified atom stereocenters. The Balaban J connectivity index is 1.86. The van der Waals surface area contributed by atoms with Crippen LogP contribution in [0, 0.1) is 22.7 Å². The highest BCUT2D eigenvalue weighted by Crippen LogP contribution is 2.49. The van der Waals surface area contributed by atoms with Crippen LogP contribution in [0.4, 0.5) is 13.2 Å². The Morgan fingerprint density at radius 1 is 0.969 bits per heavy atom. The summed E-state index contributed by atoms with van der Waals surface area (Å²) < 4.78 is 49.1. The van der Waals surface area contributed by atoms with Crippen molar-refractivity contribution in [3.63, 3.8) is 0 Å². The number of rotatable bonds is 2. The van der Waals surface area contributed by atoms with Crippen LogP contribution in [0.3, 0.4) is 0 Å². The van der Waals surface area contributed by atoms with Crippen molar-refractivity contribution >= 4 is 16.7 Å². The third-order valence-electron chi connectivity index (χ3n) is 5.58. The molecule has 8 heteroatoms. The number of para-hydroxylation sites is 1. The lowest BCUT2D eigenvalue weighted by molar-refractivity contribution is -0.142. The van der Waals surface area contributed by atoms with E-state index in [0.29, 0.717) is 16.6 Å². The van der Waals surface area contributed by atoms with Crippen LogP contribution in [0.25, 0.3) is 16.5 Å². The highest BCUT2D eigenvalue weighted by Gasteiger charge is 2.49. The summed E-state index contributed by atoms with van der Waals surface area (Å²) in [6.07, 6.45) is -4.78. The van der Waals surface area contributed by atoms with Gasteiger partial charge in [-0.05, 0) is 28.5 Å². The van der Waals surface area contributed by atoms with Gasteiger partial charge in [0.1, 0.15) is 5.92 Å². The van der Waals surface area contributed by atoms with Gasteiger partial charge in [0.2, 0.25) is 11.8 Å². The van der Waals surface area contributed by atoms with Crippen molar-refractivity contribution in [3.05, 3.63) is 89.6 Å². The molecule has 1 aliphatic rings. The number of benzene rings is 3. The third-order valence-corrected chi connectivity index (χ3v) is 5.58. The fraction of sp³-hybridized carbons (Fsp3) is 0.125. The molecule has 2 atom stereocenters. The van der Waals surface area contributed by atoms with Crippen molar-refractivity contribution in [1.82, 2.24) is 9.78 Å². The summed E-state index contributed by atoms with van der Waals surface area (Å²) in [4.78, 5) is 0. The minimum Gasteiger partial charge on any atom is -0.423 e. The van der Waals surface area contributed by atoms with E-state index in [1.54, 1.807) is 54.6 Å². The van der Waals surface area contributed by atoms with Gasteiger partial charge in [0.25, 0.3) is 0 Å². The Bertz CT molecular complexity index is 1380. The highest BCUT2D eigenvalue weighted by atomic mass is 19.4. The van der Waals surface area contributed by atoms with E-state index in [2.05, 4.69) is 5.10 Å². The van der Waals surface area contributed by atoms with Crippen LogP contribution < -0.4 is 4.74 Å². The SMILES string of the molecule is N#CC1C(=N)Oc2c(c(C(F)(F)F)nn2-c2ccccc2)C1c1cccc2ccccc12. The molecule has 32 heavy (non-hydrogen) atoms. The quantitative estimate of drug-likeness (QED) is 0.442. The van der Waals surface area contributed by atoms with Crippen LogP contribution in [0.1, 0.15) is 22.7 Å². The van der Waals surface area contributed by atoms with E-state index < -0.39 is 29.6 Å². The topological polar surface area (TPSA) is 74.7 Å². The fourth-order valence-corrected chi connectivity index (χ4v) is 4.22. The van der Waals surface area contributed by atoms with Gasteiger partial charge < -0.3 is 4.74 Å². The fourth-order valence-electron chi connectivity index (χ4n) is 4.22. The van der Waals surface area contributed by atoms with Crippen molar-refractivity contribution in [2.45, 2.75) is 12.1 Å². The molecule has 3 aromatic carbocycles. The zero-order valence-electron chi connectivity index (χ0n) is 16.5. The zero-order chi connectivity index (χ0) is 22.5. The Morgan fingerprint density at radius 3 is 2.38 bits per heavy atom. The second kappa shape index (κ2) is 7.24. The van der Waals surface area contributed by atoms with Gasteiger partial charge in [0, 0.05) is 5.92 Å². The van der Waals surface area contributed by atoms with Gasteiger partial charge in [-0.1, -0.05) is 60.7 Å². The van der Waals surface area contributed by atoms with Crippen LogP contribution >= 0.6 is 0 Å². The number of halogens is 3. The Hall–Kier alpha value is -4.12. The first-order valence-electron chi connectivity index (χ1n) is 9.79. The van der Waals surface area contributed by atoms with E-state index in [9.17, 15) is 18.4 Å². The lowest BCUT2D eigenvalue weighted by Crippen LogP contribution is -2.32. The summed E-state index contributed by atoms with van der Waals surface area (Å²) in [5.74, 6) is -2.92. The number of fused-ring (bicyclic) bond motifs is 2. The summed E-state index contributed by atoms with van der Waals surface area (Å²) >= 11 is 0. The van der Waals surface area contributed by atoms with Gasteiger partial charge in [-0.3, -0.25) is 5.41 Å². The second-order valence-corrected chi connectivity index (χ2v) is 7.43. The minimum atomic E-state index is -4.78. The van der Waals surface area contributed by atoms with Gasteiger partial charge in [-0.25, -0.2) is 0 Å². The number of nitriles is 1. The number of nitrogens with one attached hydrogen (secondary N) is 1. The van der Waals surface area contributed by atoms with E-state index in [0.717, 1.165) is 10.1 Å². The minimum absolute atomic E-state index is 0.196. The number of alkyl halides is 3. The smallest absolute Gasteiger partial charge is 0.423 e. The number of aromatic nitrogens is 2. The molecule has 0 radical (unpaired) electrons. The first kappa shape index (κ1) is 19.8. The Morgan fingerprint density at radius 2 is 1.66 bits per heavy atom. The van der Waals surface area contributed by atoms with Crippen LogP contribution in [-0.4, -0.2) is 15.7 Å². The molecule has 0 amide bonds. The summed E-state index contributed by atoms with van der Waals surface area (Å²) in [5.41, 5.74) is -0.483. The van der Waals surface area contributed by atoms with Gasteiger partial charge in [0.15, 0.2) is 5.69 Å². The molecule has 1 aromatic heterocycles. The molecule has 158 valence electrons. The molecule has 0 spiro atoms. The number of nitrogens with zero attached hydrogens (tertiary/aromatic N) is 3. The molecule has 0 fully saturated rings. The van der Waals surface area contributed by atoms with Crippen molar-refractivity contribution in [1.29, 1.82) is 10.7 Å². The average Bonchev–Trinajstić information content (AvgIpc) is 3.18. The van der Waals surface area contributed by atoms with Gasteiger partial charge in [-0.2, -0.15) is 28.2 Å². The van der Waals surface area contributed by atoms with Crippen molar-refractivity contribution < 1.29 is 17.9 Å². The predicted molar refractivity (Wildman–Crippen MR) is 112 cm³/mol. The molecule has 0 bridgehead atoms. The summed E-state index contributed by atoms with van der Waals surface area (Å²) in [6.45, 7) is 0. The standard InChI is InChI=1S/C24H15F3N4O/c25-24(26,27)21-20-19(17-12-6-8-14-7-4-5-11-16(14)17)18(13-28)22(29)32-23(20)31(30-21)15-9-2-1-3-10-15/h1-12,18-19,29H. The molecule has 5 nitrogen and oxygen atoms in total. The predicted octanol–water partition coefficient (Wildman–Crippen LogP) is 5.69. The lowest BCUT2D eigenvalue weighted by Gasteiger charge is -2.30. The Kier molecular flexibility index (Phi) is 4.48. The molecule has 1 aliphatic heterocycles. The normalized spacial score (nSPS) is 18.1. The van der Waals surface area contributed by atoms with Gasteiger partial charge >= 0.3 is 6.18 Å². The van der Waals surface area contributed by atoms with E-state index in [-0.39, 0.29) is 11.4 Å². The van der Waals surface area contributed by atoms with E-state index >= 15 is 0 Å². The van der Waals surface area contributed by atoms with Crippen LogP contribution in [-0.2, 0) is 6.18 Å². The van der Waals surface area contributed by atoms with Gasteiger partial charge in [-0.15, -0.1) is 0 Å². The van der Waals surface area contributed by atoms with Crippen LogP contribution in [0.5, 0.6) is 5.88 Å². The zero-order valence-corrected chi connectivity index (χ0v) is 16.5. The molecule has 0 aliphatic carbocycles. The monoisotopic (exact) mass is 432 g/mol. The molecule has 1 N–H and O–H groups in total. The van der Waals surface area contributed by atoms with Crippen LogP contribution in [0.15, 0.2) is 72.8 Å². The number of hydrogen-bond donors (Lipinski definition) is 1. The van der Waals surface area contributed by atoms with Crippen LogP contribution in [0.2, 0.25) is 0 Å². The first-order chi connectivity index (χ1) is 15.4. The maximum atomic E-state index is 14.2. The second-order valence-electron chi connectivity index (χ2n) is 7.43. The van der Waals surface area contributed by atoms with E-state index in [1.165, 1.54) is 0 Å². The van der Waals surface area contributed by atoms with Crippen molar-refractivity contribution in [3.8, 4) is 17.6 Å². The number of hydrogen-bond acceptors (Lipinski definition) is 4. The summed E-state index contributed by atoms with van der Waals surface area (Å²) in [6, 6.07) is 22.8. The maximum Gasteiger partial charge on any atom is 0.435 e.